The first kappa shape index (κ1) is 18.7. The number of nitrogens with zero attached hydrogens (tertiary/aromatic N) is 1. The molecule has 1 N–H and O–H groups in total. The van der Waals surface area contributed by atoms with E-state index in [2.05, 4.69) is 21.8 Å². The number of sulfonamides is 1. The molecule has 0 amide bonds. The molecule has 0 aromatic heterocycles. The molecule has 0 spiro atoms. The Morgan fingerprint density at radius 2 is 1.68 bits per heavy atom. The number of hydrogen-bond acceptors (Lipinski definition) is 3. The molecule has 7 heteroatoms. The lowest BCUT2D eigenvalue weighted by atomic mass is 10.1. The molecule has 1 saturated heterocycles. The maximum atomic E-state index is 12.6. The second-order valence-electron chi connectivity index (χ2n) is 6.21. The minimum Gasteiger partial charge on any atom is -0.299 e. The SMILES string of the molecule is O=S(=O)(NC1CCN(Cc2ccccc2)CC1)c1cccc(Cl)c1Cl. The van der Waals surface area contributed by atoms with Gasteiger partial charge in [0.05, 0.1) is 10.0 Å². The summed E-state index contributed by atoms with van der Waals surface area (Å²) in [6, 6.07) is 14.8. The van der Waals surface area contributed by atoms with Gasteiger partial charge in [-0.2, -0.15) is 0 Å². The van der Waals surface area contributed by atoms with Crippen LogP contribution in [0.4, 0.5) is 0 Å². The Bertz CT molecular complexity index is 820. The summed E-state index contributed by atoms with van der Waals surface area (Å²) in [7, 11) is -3.67. The van der Waals surface area contributed by atoms with E-state index in [-0.39, 0.29) is 21.0 Å². The minimum absolute atomic E-state index is 0.0355. The second kappa shape index (κ2) is 8.06. The van der Waals surface area contributed by atoms with Crippen molar-refractivity contribution in [2.24, 2.45) is 0 Å². The zero-order chi connectivity index (χ0) is 17.9. The standard InChI is InChI=1S/C18H20Cl2N2O2S/c19-16-7-4-8-17(18(16)20)25(23,24)21-15-9-11-22(12-10-15)13-14-5-2-1-3-6-14/h1-8,15,21H,9-13H2. The highest BCUT2D eigenvalue weighted by atomic mass is 35.5. The number of likely N-dealkylation sites (tertiary alicyclic amines) is 1. The minimum atomic E-state index is -3.67. The number of piperidine rings is 1. The molecule has 4 nitrogen and oxygen atoms in total. The predicted octanol–water partition coefficient (Wildman–Crippen LogP) is 3.94. The third-order valence-electron chi connectivity index (χ3n) is 4.36. The summed E-state index contributed by atoms with van der Waals surface area (Å²) in [4.78, 5) is 2.38. The van der Waals surface area contributed by atoms with Crippen molar-refractivity contribution in [3.8, 4) is 0 Å². The summed E-state index contributed by atoms with van der Waals surface area (Å²) in [6.45, 7) is 2.59. The van der Waals surface area contributed by atoms with E-state index in [1.54, 1.807) is 12.1 Å². The summed E-state index contributed by atoms with van der Waals surface area (Å²) in [5.41, 5.74) is 1.27. The molecular weight excluding hydrogens is 379 g/mol. The first-order valence-corrected chi connectivity index (χ1v) is 10.4. The van der Waals surface area contributed by atoms with Crippen molar-refractivity contribution in [1.29, 1.82) is 0 Å². The summed E-state index contributed by atoms with van der Waals surface area (Å²) >= 11 is 12.0. The van der Waals surface area contributed by atoms with Crippen molar-refractivity contribution < 1.29 is 8.42 Å². The number of halogens is 2. The molecule has 1 aliphatic rings. The lowest BCUT2D eigenvalue weighted by Gasteiger charge is -2.32. The Morgan fingerprint density at radius 1 is 1.00 bits per heavy atom. The average molecular weight is 399 g/mol. The van der Waals surface area contributed by atoms with Crippen molar-refractivity contribution in [3.05, 3.63) is 64.1 Å². The van der Waals surface area contributed by atoms with E-state index in [1.807, 2.05) is 18.2 Å². The molecule has 0 atom stereocenters. The van der Waals surface area contributed by atoms with Crippen LogP contribution in [0.2, 0.25) is 10.0 Å². The first-order chi connectivity index (χ1) is 12.0. The van der Waals surface area contributed by atoms with E-state index in [0.717, 1.165) is 32.5 Å². The topological polar surface area (TPSA) is 49.4 Å². The summed E-state index contributed by atoms with van der Waals surface area (Å²) in [5, 5.41) is 0.306. The third-order valence-corrected chi connectivity index (χ3v) is 6.86. The van der Waals surface area contributed by atoms with Crippen LogP contribution in [-0.2, 0) is 16.6 Å². The van der Waals surface area contributed by atoms with Gasteiger partial charge in [0, 0.05) is 25.7 Å². The normalized spacial score (nSPS) is 16.9. The van der Waals surface area contributed by atoms with Crippen LogP contribution in [0.1, 0.15) is 18.4 Å². The van der Waals surface area contributed by atoms with Gasteiger partial charge < -0.3 is 0 Å². The highest BCUT2D eigenvalue weighted by Gasteiger charge is 2.26. The molecule has 3 rings (SSSR count). The third kappa shape index (κ3) is 4.74. The van der Waals surface area contributed by atoms with Crippen molar-refractivity contribution in [2.45, 2.75) is 30.3 Å². The van der Waals surface area contributed by atoms with Gasteiger partial charge in [0.1, 0.15) is 4.90 Å². The molecule has 25 heavy (non-hydrogen) atoms. The van der Waals surface area contributed by atoms with E-state index < -0.39 is 10.0 Å². The summed E-state index contributed by atoms with van der Waals surface area (Å²) in [6.07, 6.45) is 1.54. The van der Waals surface area contributed by atoms with E-state index in [9.17, 15) is 8.42 Å². The highest BCUT2D eigenvalue weighted by molar-refractivity contribution is 7.89. The molecule has 0 aliphatic carbocycles. The largest absolute Gasteiger partial charge is 0.299 e. The van der Waals surface area contributed by atoms with Crippen LogP contribution in [0.5, 0.6) is 0 Å². The number of benzene rings is 2. The monoisotopic (exact) mass is 398 g/mol. The van der Waals surface area contributed by atoms with Crippen LogP contribution >= 0.6 is 23.2 Å². The van der Waals surface area contributed by atoms with Crippen molar-refractivity contribution in [2.75, 3.05) is 13.1 Å². The molecule has 2 aromatic rings. The molecule has 0 saturated carbocycles. The quantitative estimate of drug-likeness (QED) is 0.829. The molecule has 1 aliphatic heterocycles. The van der Waals surface area contributed by atoms with Gasteiger partial charge in [0.25, 0.3) is 0 Å². The smallest absolute Gasteiger partial charge is 0.242 e. The first-order valence-electron chi connectivity index (χ1n) is 8.18. The zero-order valence-electron chi connectivity index (χ0n) is 13.7. The van der Waals surface area contributed by atoms with Crippen LogP contribution in [0.25, 0.3) is 0 Å². The van der Waals surface area contributed by atoms with E-state index in [1.165, 1.54) is 11.6 Å². The summed E-state index contributed by atoms with van der Waals surface area (Å²) in [5.74, 6) is 0. The fraction of sp³-hybridized carbons (Fsp3) is 0.333. The second-order valence-corrected chi connectivity index (χ2v) is 8.68. The lowest BCUT2D eigenvalue weighted by Crippen LogP contribution is -2.44. The van der Waals surface area contributed by atoms with Crippen molar-refractivity contribution in [3.63, 3.8) is 0 Å². The van der Waals surface area contributed by atoms with Gasteiger partial charge in [-0.15, -0.1) is 0 Å². The fourth-order valence-corrected chi connectivity index (χ4v) is 5.09. The van der Waals surface area contributed by atoms with Gasteiger partial charge in [-0.25, -0.2) is 13.1 Å². The maximum absolute atomic E-state index is 12.6. The Hall–Kier alpha value is -1.11. The Kier molecular flexibility index (Phi) is 6.02. The molecule has 0 bridgehead atoms. The van der Waals surface area contributed by atoms with Crippen LogP contribution < -0.4 is 4.72 Å². The number of hydrogen-bond donors (Lipinski definition) is 1. The Morgan fingerprint density at radius 3 is 2.36 bits per heavy atom. The predicted molar refractivity (Wildman–Crippen MR) is 102 cm³/mol. The number of rotatable bonds is 5. The van der Waals surface area contributed by atoms with E-state index in [0.29, 0.717) is 0 Å². The zero-order valence-corrected chi connectivity index (χ0v) is 16.0. The van der Waals surface area contributed by atoms with E-state index in [4.69, 9.17) is 23.2 Å². The highest BCUT2D eigenvalue weighted by Crippen LogP contribution is 2.29. The lowest BCUT2D eigenvalue weighted by molar-refractivity contribution is 0.200. The fourth-order valence-electron chi connectivity index (χ4n) is 3.03. The average Bonchev–Trinajstić information content (AvgIpc) is 2.59. The molecule has 1 fully saturated rings. The van der Waals surface area contributed by atoms with Gasteiger partial charge in [0.15, 0.2) is 0 Å². The molecule has 0 radical (unpaired) electrons. The van der Waals surface area contributed by atoms with Crippen molar-refractivity contribution in [1.82, 2.24) is 9.62 Å². The van der Waals surface area contributed by atoms with Gasteiger partial charge in [-0.1, -0.05) is 59.6 Å². The Balaban J connectivity index is 1.59. The van der Waals surface area contributed by atoms with Gasteiger partial charge >= 0.3 is 0 Å². The molecular formula is C18H20Cl2N2O2S. The molecule has 0 unspecified atom stereocenters. The van der Waals surface area contributed by atoms with E-state index >= 15 is 0 Å². The van der Waals surface area contributed by atoms with Gasteiger partial charge in [0.2, 0.25) is 10.0 Å². The van der Waals surface area contributed by atoms with Gasteiger partial charge in [-0.3, -0.25) is 4.90 Å². The molecule has 134 valence electrons. The van der Waals surface area contributed by atoms with Crippen molar-refractivity contribution >= 4 is 33.2 Å². The molecule has 2 aromatic carbocycles. The van der Waals surface area contributed by atoms with Crippen LogP contribution in [0, 0.1) is 0 Å². The van der Waals surface area contributed by atoms with Crippen LogP contribution in [0.3, 0.4) is 0 Å². The Labute approximate surface area is 158 Å². The van der Waals surface area contributed by atoms with Crippen LogP contribution in [0.15, 0.2) is 53.4 Å². The van der Waals surface area contributed by atoms with Gasteiger partial charge in [-0.05, 0) is 30.5 Å². The maximum Gasteiger partial charge on any atom is 0.242 e. The summed E-state index contributed by atoms with van der Waals surface area (Å²) < 4.78 is 27.9. The molecule has 1 heterocycles. The number of nitrogens with one attached hydrogen (secondary N) is 1. The van der Waals surface area contributed by atoms with Crippen LogP contribution in [-0.4, -0.2) is 32.4 Å².